The van der Waals surface area contributed by atoms with Crippen LogP contribution >= 0.6 is 12.4 Å². The molecule has 0 atom stereocenters. The van der Waals surface area contributed by atoms with Gasteiger partial charge in [0, 0.05) is 4.11 Å². The van der Waals surface area contributed by atoms with Gasteiger partial charge in [0.2, 0.25) is 0 Å². The zero-order valence-electron chi connectivity index (χ0n) is 6.75. The van der Waals surface area contributed by atoms with Crippen LogP contribution in [0.3, 0.4) is 0 Å². The number of halogens is 4. The quantitative estimate of drug-likeness (QED) is 0.595. The van der Waals surface area contributed by atoms with E-state index in [2.05, 4.69) is 0 Å². The summed E-state index contributed by atoms with van der Waals surface area (Å²) in [6.07, 6.45) is -4.46. The van der Waals surface area contributed by atoms with E-state index in [1.807, 2.05) is 0 Å². The molecule has 8 heavy (non-hydrogen) atoms. The number of alkyl halides is 3. The van der Waals surface area contributed by atoms with Crippen molar-refractivity contribution in [1.29, 1.82) is 0 Å². The van der Waals surface area contributed by atoms with Crippen molar-refractivity contribution in [2.45, 2.75) is 6.18 Å². The molecule has 5 heteroatoms. The Labute approximate surface area is 55.9 Å². The van der Waals surface area contributed by atoms with Crippen LogP contribution in [0.15, 0.2) is 0 Å². The van der Waals surface area contributed by atoms with E-state index in [9.17, 15) is 13.2 Å². The maximum Gasteiger partial charge on any atom is 0.401 e. The SMILES string of the molecule is Cl.[2H]C([2H])([2H])NCC(F)(F)F. The highest BCUT2D eigenvalue weighted by atomic mass is 35.5. The number of hydrogen-bond donors (Lipinski definition) is 1. The molecule has 0 bridgehead atoms. The van der Waals surface area contributed by atoms with Gasteiger partial charge in [-0.2, -0.15) is 13.2 Å². The molecular formula is C3H7ClF3N. The minimum atomic E-state index is -4.46. The van der Waals surface area contributed by atoms with Gasteiger partial charge in [0.15, 0.2) is 0 Å². The molecule has 0 aromatic rings. The second-order valence-corrected chi connectivity index (χ2v) is 0.969. The molecule has 0 unspecified atom stereocenters. The lowest BCUT2D eigenvalue weighted by atomic mass is 10.6. The van der Waals surface area contributed by atoms with E-state index in [4.69, 9.17) is 4.11 Å². The Bertz CT molecular complexity index is 97.4. The third kappa shape index (κ3) is 9.40. The van der Waals surface area contributed by atoms with Gasteiger partial charge in [-0.15, -0.1) is 12.4 Å². The molecule has 0 aliphatic rings. The standard InChI is InChI=1S/C3H6F3N.ClH/c1-7-2-3(4,5)6;/h7H,2H2,1H3;1H/i1D3;. The second kappa shape index (κ2) is 3.97. The summed E-state index contributed by atoms with van der Waals surface area (Å²) in [5, 5.41) is 1.34. The Hall–Kier alpha value is 0.0400. The van der Waals surface area contributed by atoms with Crippen LogP contribution in [0.25, 0.3) is 0 Å². The van der Waals surface area contributed by atoms with Crippen molar-refractivity contribution in [3.63, 3.8) is 0 Å². The highest BCUT2D eigenvalue weighted by Gasteiger charge is 2.24. The molecule has 1 N–H and O–H groups in total. The van der Waals surface area contributed by atoms with E-state index in [1.165, 1.54) is 5.32 Å². The molecule has 0 heterocycles. The Morgan fingerprint density at radius 1 is 1.62 bits per heavy atom. The van der Waals surface area contributed by atoms with Gasteiger partial charge in [-0.1, -0.05) is 0 Å². The average Bonchev–Trinajstić information content (AvgIpc) is 1.57. The van der Waals surface area contributed by atoms with E-state index in [0.29, 0.717) is 0 Å². The van der Waals surface area contributed by atoms with Gasteiger partial charge in [-0.25, -0.2) is 0 Å². The monoisotopic (exact) mass is 152 g/mol. The summed E-state index contributed by atoms with van der Waals surface area (Å²) in [4.78, 5) is 0. The van der Waals surface area contributed by atoms with E-state index < -0.39 is 19.7 Å². The molecule has 0 aromatic carbocycles. The van der Waals surface area contributed by atoms with Gasteiger partial charge in [0.05, 0.1) is 6.54 Å². The minimum absolute atomic E-state index is 0. The molecule has 0 saturated heterocycles. The molecule has 0 radical (unpaired) electrons. The van der Waals surface area contributed by atoms with Crippen LogP contribution in [0.1, 0.15) is 4.11 Å². The Balaban J connectivity index is 0. The second-order valence-electron chi connectivity index (χ2n) is 0.969. The van der Waals surface area contributed by atoms with E-state index in [-0.39, 0.29) is 12.4 Å². The summed E-state index contributed by atoms with van der Waals surface area (Å²) in [5.41, 5.74) is 0. The topological polar surface area (TPSA) is 12.0 Å². The van der Waals surface area contributed by atoms with Gasteiger partial charge in [-0.3, -0.25) is 0 Å². The molecule has 0 aliphatic carbocycles. The molecule has 0 amide bonds. The number of rotatable bonds is 1. The van der Waals surface area contributed by atoms with Gasteiger partial charge in [0.25, 0.3) is 0 Å². The molecule has 0 rings (SSSR count). The molecule has 52 valence electrons. The maximum absolute atomic E-state index is 11.3. The molecule has 0 spiro atoms. The summed E-state index contributed by atoms with van der Waals surface area (Å²) < 4.78 is 52.8. The minimum Gasteiger partial charge on any atom is -0.312 e. The third-order valence-corrected chi connectivity index (χ3v) is 0.289. The maximum atomic E-state index is 11.3. The summed E-state index contributed by atoms with van der Waals surface area (Å²) in [7, 11) is 0. The first-order valence-electron chi connectivity index (χ1n) is 3.02. The van der Waals surface area contributed by atoms with E-state index in [0.717, 1.165) is 0 Å². The van der Waals surface area contributed by atoms with Gasteiger partial charge >= 0.3 is 6.18 Å². The fourth-order valence-corrected chi connectivity index (χ4v) is 0.100. The van der Waals surface area contributed by atoms with Crippen LogP contribution in [0.2, 0.25) is 0 Å². The van der Waals surface area contributed by atoms with Crippen molar-refractivity contribution in [3.05, 3.63) is 0 Å². The zero-order valence-corrected chi connectivity index (χ0v) is 4.57. The Morgan fingerprint density at radius 2 is 2.12 bits per heavy atom. The number of hydrogen-bond acceptors (Lipinski definition) is 1. The lowest BCUT2D eigenvalue weighted by molar-refractivity contribution is -0.123. The molecule has 0 saturated carbocycles. The zero-order chi connectivity index (χ0) is 8.41. The largest absolute Gasteiger partial charge is 0.401 e. The van der Waals surface area contributed by atoms with Gasteiger partial charge in [-0.05, 0) is 6.98 Å². The van der Waals surface area contributed by atoms with Crippen LogP contribution in [0.5, 0.6) is 0 Å². The van der Waals surface area contributed by atoms with Gasteiger partial charge in [0.1, 0.15) is 0 Å². The van der Waals surface area contributed by atoms with Crippen molar-refractivity contribution in [2.24, 2.45) is 0 Å². The van der Waals surface area contributed by atoms with Crippen molar-refractivity contribution >= 4 is 12.4 Å². The normalized spacial score (nSPS) is 17.6. The summed E-state index contributed by atoms with van der Waals surface area (Å²) in [6, 6.07) is 0. The average molecular weight is 153 g/mol. The van der Waals surface area contributed by atoms with Crippen LogP contribution in [0, 0.1) is 0 Å². The first-order valence-corrected chi connectivity index (χ1v) is 1.52. The summed E-state index contributed by atoms with van der Waals surface area (Å²) in [6.45, 7) is -4.20. The fourth-order valence-electron chi connectivity index (χ4n) is 0.100. The van der Waals surface area contributed by atoms with Crippen LogP contribution in [-0.2, 0) is 0 Å². The van der Waals surface area contributed by atoms with E-state index >= 15 is 0 Å². The van der Waals surface area contributed by atoms with Crippen LogP contribution < -0.4 is 5.32 Å². The first kappa shape index (κ1) is 4.88. The third-order valence-electron chi connectivity index (χ3n) is 0.289. The molecule has 0 aromatic heterocycles. The number of nitrogens with one attached hydrogen (secondary N) is 1. The Morgan fingerprint density at radius 3 is 2.25 bits per heavy atom. The summed E-state index contributed by atoms with van der Waals surface area (Å²) >= 11 is 0. The van der Waals surface area contributed by atoms with E-state index in [1.54, 1.807) is 0 Å². The fraction of sp³-hybridized carbons (Fsp3) is 1.00. The Kier molecular flexibility index (Phi) is 2.42. The molecule has 0 fully saturated rings. The smallest absolute Gasteiger partial charge is 0.312 e. The van der Waals surface area contributed by atoms with Crippen molar-refractivity contribution in [3.8, 4) is 0 Å². The summed E-state index contributed by atoms with van der Waals surface area (Å²) in [5.74, 6) is 0. The highest BCUT2D eigenvalue weighted by Crippen LogP contribution is 2.11. The predicted octanol–water partition coefficient (Wildman–Crippen LogP) is 1.19. The lowest BCUT2D eigenvalue weighted by Crippen LogP contribution is -2.25. The van der Waals surface area contributed by atoms with Gasteiger partial charge < -0.3 is 5.32 Å². The highest BCUT2D eigenvalue weighted by molar-refractivity contribution is 5.85. The van der Waals surface area contributed by atoms with Crippen molar-refractivity contribution < 1.29 is 17.3 Å². The van der Waals surface area contributed by atoms with Crippen molar-refractivity contribution in [2.75, 3.05) is 13.5 Å². The van der Waals surface area contributed by atoms with Crippen LogP contribution in [0.4, 0.5) is 13.2 Å². The first-order chi connectivity index (χ1) is 4.21. The predicted molar refractivity (Wildman–Crippen MR) is 27.2 cm³/mol. The van der Waals surface area contributed by atoms with Crippen molar-refractivity contribution in [1.82, 2.24) is 5.32 Å². The molecular weight excluding hydrogens is 142 g/mol. The molecule has 1 nitrogen and oxygen atoms in total. The molecule has 0 aliphatic heterocycles. The van der Waals surface area contributed by atoms with Crippen LogP contribution in [-0.4, -0.2) is 19.7 Å². The lowest BCUT2D eigenvalue weighted by Gasteiger charge is -2.01.